The maximum absolute atomic E-state index is 13.7. The highest BCUT2D eigenvalue weighted by molar-refractivity contribution is 7.15. The van der Waals surface area contributed by atoms with E-state index in [1.54, 1.807) is 21.9 Å². The van der Waals surface area contributed by atoms with Crippen molar-refractivity contribution in [1.29, 1.82) is 0 Å². The number of rotatable bonds is 10. The molecule has 4 amide bonds. The van der Waals surface area contributed by atoms with Gasteiger partial charge in [0, 0.05) is 74.4 Å². The van der Waals surface area contributed by atoms with Crippen molar-refractivity contribution in [2.45, 2.75) is 118 Å². The zero-order valence-corrected chi connectivity index (χ0v) is 42.3. The van der Waals surface area contributed by atoms with Crippen LogP contribution in [0.4, 0.5) is 61.8 Å². The summed E-state index contributed by atoms with van der Waals surface area (Å²) in [4.78, 5) is 85.9. The minimum absolute atomic E-state index is 0.142. The number of nitrogens with zero attached hydrogens (tertiary/aromatic N) is 10. The van der Waals surface area contributed by atoms with Crippen molar-refractivity contribution in [3.63, 3.8) is 0 Å². The summed E-state index contributed by atoms with van der Waals surface area (Å²) in [7, 11) is 0. The number of alkyl halides is 4. The van der Waals surface area contributed by atoms with E-state index in [1.807, 2.05) is 41.5 Å². The van der Waals surface area contributed by atoms with E-state index in [9.17, 15) is 36.7 Å². The zero-order valence-electron chi connectivity index (χ0n) is 40.7. The Morgan fingerprint density at radius 1 is 0.556 bits per heavy atom. The number of amides is 4. The van der Waals surface area contributed by atoms with Gasteiger partial charge in [-0.15, -0.1) is 22.7 Å². The van der Waals surface area contributed by atoms with Crippen LogP contribution in [0, 0.1) is 0 Å². The first kappa shape index (κ1) is 52.3. The molecule has 8 rings (SSSR count). The van der Waals surface area contributed by atoms with Gasteiger partial charge in [-0.1, -0.05) is 0 Å². The van der Waals surface area contributed by atoms with Crippen LogP contribution in [0.3, 0.4) is 0 Å². The fourth-order valence-electron chi connectivity index (χ4n) is 6.73. The van der Waals surface area contributed by atoms with Crippen molar-refractivity contribution >= 4 is 81.3 Å². The van der Waals surface area contributed by atoms with Gasteiger partial charge >= 0.3 is 24.0 Å². The first-order valence-electron chi connectivity index (χ1n) is 22.0. The lowest BCUT2D eigenvalue weighted by molar-refractivity contribution is -0.115. The summed E-state index contributed by atoms with van der Waals surface area (Å²) in [5.41, 5.74) is 2.35. The van der Waals surface area contributed by atoms with Crippen LogP contribution in [0.1, 0.15) is 102 Å². The Labute approximate surface area is 418 Å². The second-order valence-corrected chi connectivity index (χ2v) is 20.8. The number of aromatic nitrogens is 8. The van der Waals surface area contributed by atoms with E-state index in [0.29, 0.717) is 58.7 Å². The van der Waals surface area contributed by atoms with Crippen molar-refractivity contribution in [2.24, 2.45) is 0 Å². The summed E-state index contributed by atoms with van der Waals surface area (Å²) in [5, 5.41) is 12.5. The van der Waals surface area contributed by atoms with Crippen LogP contribution in [0.5, 0.6) is 0 Å². The quantitative estimate of drug-likeness (QED) is 0.0932. The van der Waals surface area contributed by atoms with Gasteiger partial charge in [-0.3, -0.25) is 19.4 Å². The molecule has 0 aromatic carbocycles. The van der Waals surface area contributed by atoms with E-state index in [1.165, 1.54) is 73.4 Å². The molecule has 0 spiro atoms. The Balaban J connectivity index is 0.000000211. The van der Waals surface area contributed by atoms with E-state index in [2.05, 4.69) is 61.1 Å². The second-order valence-electron chi connectivity index (χ2n) is 18.6. The van der Waals surface area contributed by atoms with Gasteiger partial charge in [0.1, 0.15) is 44.5 Å². The highest BCUT2D eigenvalue weighted by Crippen LogP contribution is 2.41. The SMILES string of the molecule is CC(=O)Nc1cc(Nc2ccnc(C(C)(F)F)n2)c(-c2nc3c(s2)CN(C(=O)OC(C)(C)C)C3)cn1.CC(=O)Nc1cc(Nc2ccnc(C(C)(F)F)n2)c(-c2nc3c(s2)CN(C(=O)OC(C)(C)C)C3)cn1. The predicted octanol–water partition coefficient (Wildman–Crippen LogP) is 10.1. The fraction of sp³-hybridized carbons (Fsp3) is 0.391. The molecular formula is C46H50F4N14O6S2. The van der Waals surface area contributed by atoms with Gasteiger partial charge in [0.15, 0.2) is 0 Å². The van der Waals surface area contributed by atoms with Crippen LogP contribution in [-0.2, 0) is 57.1 Å². The van der Waals surface area contributed by atoms with Crippen LogP contribution in [0.2, 0.25) is 0 Å². The number of anilines is 6. The number of carbonyl (C=O) groups excluding carboxylic acids is 4. The molecule has 4 N–H and O–H groups in total. The lowest BCUT2D eigenvalue weighted by Gasteiger charge is -2.24. The summed E-state index contributed by atoms with van der Waals surface area (Å²) < 4.78 is 65.9. The van der Waals surface area contributed by atoms with E-state index < -0.39 is 46.9 Å². The number of fused-ring (bicyclic) bond motifs is 2. The molecule has 20 nitrogen and oxygen atoms in total. The molecule has 6 aromatic rings. The van der Waals surface area contributed by atoms with Gasteiger partial charge in [-0.05, 0) is 53.7 Å². The number of nitrogens with one attached hydrogen (secondary N) is 4. The largest absolute Gasteiger partial charge is 0.444 e. The maximum Gasteiger partial charge on any atom is 0.410 e. The smallest absolute Gasteiger partial charge is 0.410 e. The molecule has 0 bridgehead atoms. The molecular weight excluding hydrogens is 985 g/mol. The van der Waals surface area contributed by atoms with E-state index >= 15 is 0 Å². The van der Waals surface area contributed by atoms with E-state index in [-0.39, 0.29) is 35.1 Å². The summed E-state index contributed by atoms with van der Waals surface area (Å²) in [6.07, 6.45) is 4.71. The first-order chi connectivity index (χ1) is 33.6. The summed E-state index contributed by atoms with van der Waals surface area (Å²) >= 11 is 2.77. The highest BCUT2D eigenvalue weighted by Gasteiger charge is 2.34. The standard InChI is InChI=1S/2C23H25F2N7O3S/c2*1-12(33)28-18-8-14(29-17-6-7-26-20(31-17)23(5,24)25)13(9-27-18)19-30-15-10-32(11-16(15)36-19)21(34)35-22(2,3)4/h2*6-9H,10-11H2,1-5H3,(H2,26,27,28,29,31,33). The molecule has 380 valence electrons. The Morgan fingerprint density at radius 3 is 1.25 bits per heavy atom. The average Bonchev–Trinajstić information content (AvgIpc) is 4.03. The van der Waals surface area contributed by atoms with Gasteiger partial charge in [-0.25, -0.2) is 49.5 Å². The first-order valence-corrected chi connectivity index (χ1v) is 23.7. The Bertz CT molecular complexity index is 2790. The molecule has 0 saturated carbocycles. The normalized spacial score (nSPS) is 13.4. The summed E-state index contributed by atoms with van der Waals surface area (Å²) in [6, 6.07) is 6.06. The van der Waals surface area contributed by atoms with Gasteiger partial charge in [-0.2, -0.15) is 17.6 Å². The Morgan fingerprint density at radius 2 is 0.931 bits per heavy atom. The van der Waals surface area contributed by atoms with Gasteiger partial charge < -0.3 is 30.7 Å². The van der Waals surface area contributed by atoms with Crippen LogP contribution in [0.15, 0.2) is 49.1 Å². The Kier molecular flexibility index (Phi) is 14.8. The molecule has 8 heterocycles. The van der Waals surface area contributed by atoms with Crippen molar-refractivity contribution in [3.05, 3.63) is 81.8 Å². The van der Waals surface area contributed by atoms with E-state index in [4.69, 9.17) is 9.47 Å². The molecule has 0 fully saturated rings. The van der Waals surface area contributed by atoms with E-state index in [0.717, 1.165) is 35.0 Å². The predicted molar refractivity (Wildman–Crippen MR) is 260 cm³/mol. The number of pyridine rings is 2. The van der Waals surface area contributed by atoms with Crippen LogP contribution in [0.25, 0.3) is 21.1 Å². The zero-order chi connectivity index (χ0) is 52.5. The number of halogens is 4. The van der Waals surface area contributed by atoms with Crippen molar-refractivity contribution < 1.29 is 46.2 Å². The molecule has 0 atom stereocenters. The van der Waals surface area contributed by atoms with Gasteiger partial charge in [0.2, 0.25) is 23.5 Å². The summed E-state index contributed by atoms with van der Waals surface area (Å²) in [6.45, 7) is 16.3. The minimum Gasteiger partial charge on any atom is -0.444 e. The lowest BCUT2D eigenvalue weighted by atomic mass is 10.2. The topological polar surface area (TPSA) is 244 Å². The van der Waals surface area contributed by atoms with Gasteiger partial charge in [0.25, 0.3) is 0 Å². The number of ether oxygens (including phenoxy) is 2. The number of hydrogen-bond donors (Lipinski definition) is 4. The maximum atomic E-state index is 13.7. The molecule has 6 aromatic heterocycles. The minimum atomic E-state index is -3.21. The van der Waals surface area contributed by atoms with Crippen molar-refractivity contribution in [2.75, 3.05) is 21.3 Å². The molecule has 2 aliphatic rings. The molecule has 26 heteroatoms. The van der Waals surface area contributed by atoms with Crippen LogP contribution in [-0.4, -0.2) is 84.9 Å². The third kappa shape index (κ3) is 13.5. The Hall–Kier alpha value is -7.48. The molecule has 0 saturated heterocycles. The molecule has 0 radical (unpaired) electrons. The third-order valence-electron chi connectivity index (χ3n) is 9.71. The fourth-order valence-corrected chi connectivity index (χ4v) is 8.95. The average molecular weight is 1040 g/mol. The summed E-state index contributed by atoms with van der Waals surface area (Å²) in [5.74, 6) is -7.48. The second kappa shape index (κ2) is 20.3. The molecule has 72 heavy (non-hydrogen) atoms. The van der Waals surface area contributed by atoms with Crippen molar-refractivity contribution in [1.82, 2.24) is 49.7 Å². The molecule has 0 unspecified atom stereocenters. The number of hydrogen-bond acceptors (Lipinski definition) is 18. The van der Waals surface area contributed by atoms with Gasteiger partial charge in [0.05, 0.1) is 60.1 Å². The number of thiazole rings is 2. The van der Waals surface area contributed by atoms with Crippen LogP contribution < -0.4 is 21.3 Å². The number of carbonyl (C=O) groups is 4. The third-order valence-corrected chi connectivity index (χ3v) is 11.9. The molecule has 0 aliphatic carbocycles. The van der Waals surface area contributed by atoms with Crippen molar-refractivity contribution in [3.8, 4) is 21.1 Å². The highest BCUT2D eigenvalue weighted by atomic mass is 32.1. The van der Waals surface area contributed by atoms with Crippen LogP contribution >= 0.6 is 22.7 Å². The molecule has 2 aliphatic heterocycles. The lowest BCUT2D eigenvalue weighted by Crippen LogP contribution is -2.33. The monoisotopic (exact) mass is 1030 g/mol.